The molecule has 0 aliphatic carbocycles. The summed E-state index contributed by atoms with van der Waals surface area (Å²) < 4.78 is 10.6. The lowest BCUT2D eigenvalue weighted by atomic mass is 10.1. The third-order valence-electron chi connectivity index (χ3n) is 4.48. The zero-order valence-corrected chi connectivity index (χ0v) is 16.7. The summed E-state index contributed by atoms with van der Waals surface area (Å²) in [5.41, 5.74) is 1.24. The third kappa shape index (κ3) is 5.56. The Kier molecular flexibility index (Phi) is 6.98. The quantitative estimate of drug-likeness (QED) is 0.582. The second-order valence-electron chi connectivity index (χ2n) is 6.97. The number of hydrogen-bond donors (Lipinski definition) is 2. The topological polar surface area (TPSA) is 138 Å². The summed E-state index contributed by atoms with van der Waals surface area (Å²) in [6, 6.07) is 3.74. The summed E-state index contributed by atoms with van der Waals surface area (Å²) in [4.78, 5) is 46.4. The lowest BCUT2D eigenvalue weighted by molar-refractivity contribution is -0.309. The van der Waals surface area contributed by atoms with E-state index < -0.39 is 36.0 Å². The van der Waals surface area contributed by atoms with Crippen LogP contribution in [0.15, 0.2) is 27.4 Å². The van der Waals surface area contributed by atoms with Crippen LogP contribution in [0.4, 0.5) is 0 Å². The van der Waals surface area contributed by atoms with Gasteiger partial charge in [0.25, 0.3) is 5.91 Å². The zero-order valence-electron chi connectivity index (χ0n) is 16.7. The number of hydrogen-bond acceptors (Lipinski definition) is 7. The number of aryl methyl sites for hydroxylation is 1. The molecule has 1 aromatic heterocycles. The van der Waals surface area contributed by atoms with Crippen LogP contribution in [0.3, 0.4) is 0 Å². The van der Waals surface area contributed by atoms with Crippen molar-refractivity contribution in [3.8, 4) is 5.75 Å². The van der Waals surface area contributed by atoms with Crippen LogP contribution in [0, 0.1) is 19.8 Å². The van der Waals surface area contributed by atoms with Gasteiger partial charge >= 0.3 is 5.63 Å². The zero-order chi connectivity index (χ0) is 21.7. The summed E-state index contributed by atoms with van der Waals surface area (Å²) in [6.45, 7) is 5.98. The molecule has 9 heteroatoms. The van der Waals surface area contributed by atoms with Crippen molar-refractivity contribution in [1.82, 2.24) is 10.6 Å². The van der Waals surface area contributed by atoms with Gasteiger partial charge in [-0.3, -0.25) is 9.59 Å². The van der Waals surface area contributed by atoms with Crippen molar-refractivity contribution in [2.45, 2.75) is 33.7 Å². The second kappa shape index (κ2) is 9.22. The number of carboxylic acid groups (broad SMARTS) is 1. The van der Waals surface area contributed by atoms with Crippen molar-refractivity contribution >= 4 is 28.8 Å². The molecule has 0 saturated carbocycles. The van der Waals surface area contributed by atoms with Crippen LogP contribution >= 0.6 is 0 Å². The van der Waals surface area contributed by atoms with Gasteiger partial charge in [0.05, 0.1) is 18.6 Å². The summed E-state index contributed by atoms with van der Waals surface area (Å²) in [5.74, 6) is -2.66. The Morgan fingerprint density at radius 1 is 1.14 bits per heavy atom. The maximum Gasteiger partial charge on any atom is 0.339 e. The highest BCUT2D eigenvalue weighted by Crippen LogP contribution is 2.23. The van der Waals surface area contributed by atoms with E-state index in [9.17, 15) is 24.3 Å². The van der Waals surface area contributed by atoms with Crippen LogP contribution in [0.2, 0.25) is 0 Å². The minimum absolute atomic E-state index is 0.320. The van der Waals surface area contributed by atoms with Crippen molar-refractivity contribution in [3.63, 3.8) is 0 Å². The van der Waals surface area contributed by atoms with Gasteiger partial charge in [0.1, 0.15) is 11.3 Å². The van der Waals surface area contributed by atoms with Crippen molar-refractivity contribution in [2.24, 2.45) is 5.92 Å². The molecular weight excluding hydrogens is 380 g/mol. The Morgan fingerprint density at radius 3 is 2.45 bits per heavy atom. The predicted octanol–water partition coefficient (Wildman–Crippen LogP) is -0.204. The predicted molar refractivity (Wildman–Crippen MR) is 102 cm³/mol. The molecule has 2 rings (SSSR count). The first kappa shape index (κ1) is 21.9. The van der Waals surface area contributed by atoms with Crippen LogP contribution < -0.4 is 26.1 Å². The van der Waals surface area contributed by atoms with Crippen molar-refractivity contribution < 1.29 is 28.6 Å². The minimum Gasteiger partial charge on any atom is -0.548 e. The van der Waals surface area contributed by atoms with Crippen molar-refractivity contribution in [3.05, 3.63) is 39.7 Å². The number of carbonyl (C=O) groups excluding carboxylic acids is 3. The van der Waals surface area contributed by atoms with E-state index in [-0.39, 0.29) is 12.5 Å². The van der Waals surface area contributed by atoms with Crippen molar-refractivity contribution in [1.29, 1.82) is 0 Å². The molecule has 0 aliphatic heterocycles. The van der Waals surface area contributed by atoms with E-state index in [0.717, 1.165) is 10.9 Å². The summed E-state index contributed by atoms with van der Waals surface area (Å²) >= 11 is 0. The highest BCUT2D eigenvalue weighted by Gasteiger charge is 2.17. The highest BCUT2D eigenvalue weighted by atomic mass is 16.5. The number of carboxylic acids is 1. The molecule has 9 nitrogen and oxygen atoms in total. The largest absolute Gasteiger partial charge is 0.548 e. The van der Waals surface area contributed by atoms with Gasteiger partial charge in [-0.25, -0.2) is 4.79 Å². The molecule has 2 N–H and O–H groups in total. The van der Waals surface area contributed by atoms with Gasteiger partial charge in [-0.15, -0.1) is 0 Å². The first-order chi connectivity index (χ1) is 13.6. The molecule has 2 aromatic rings. The van der Waals surface area contributed by atoms with E-state index >= 15 is 0 Å². The van der Waals surface area contributed by atoms with E-state index in [1.165, 1.54) is 6.07 Å². The molecule has 0 fully saturated rings. The van der Waals surface area contributed by atoms with Crippen LogP contribution in [0.25, 0.3) is 11.0 Å². The molecule has 2 amide bonds. The number of benzene rings is 1. The molecule has 29 heavy (non-hydrogen) atoms. The fourth-order valence-corrected chi connectivity index (χ4v) is 2.62. The van der Waals surface area contributed by atoms with E-state index in [0.29, 0.717) is 16.9 Å². The maximum absolute atomic E-state index is 11.9. The first-order valence-corrected chi connectivity index (χ1v) is 9.04. The van der Waals surface area contributed by atoms with Gasteiger partial charge in [0.15, 0.2) is 6.61 Å². The Hall–Kier alpha value is -3.36. The molecule has 0 unspecified atom stereocenters. The monoisotopic (exact) mass is 403 g/mol. The number of nitrogens with one attached hydrogen (secondary N) is 2. The molecule has 1 heterocycles. The third-order valence-corrected chi connectivity index (χ3v) is 4.48. The Morgan fingerprint density at radius 2 is 1.83 bits per heavy atom. The molecule has 0 radical (unpaired) electrons. The normalized spacial score (nSPS) is 11.9. The van der Waals surface area contributed by atoms with Gasteiger partial charge < -0.3 is 29.7 Å². The average Bonchev–Trinajstić information content (AvgIpc) is 2.66. The van der Waals surface area contributed by atoms with E-state index in [1.807, 2.05) is 6.92 Å². The Bertz CT molecular complexity index is 994. The molecule has 0 saturated heterocycles. The smallest absolute Gasteiger partial charge is 0.339 e. The van der Waals surface area contributed by atoms with Gasteiger partial charge in [-0.05, 0) is 37.5 Å². The number of carbonyl (C=O) groups is 3. The van der Waals surface area contributed by atoms with Gasteiger partial charge in [0, 0.05) is 17.0 Å². The number of amides is 2. The van der Waals surface area contributed by atoms with Crippen LogP contribution in [-0.4, -0.2) is 37.0 Å². The molecule has 156 valence electrons. The summed E-state index contributed by atoms with van der Waals surface area (Å²) in [6.07, 6.45) is 0. The Labute approximate surface area is 167 Å². The van der Waals surface area contributed by atoms with Crippen LogP contribution in [0.5, 0.6) is 5.75 Å². The standard InChI is InChI=1S/C20H24N2O7/c1-10(2)18(19(25)26)22-16(23)8-21-17(24)9-28-13-5-6-14-11(3)12(4)20(27)29-15(14)7-13/h5-7,10,18H,8-9H2,1-4H3,(H,21,24)(H,22,23)(H,25,26)/p-1/t18-/m0/s1. The summed E-state index contributed by atoms with van der Waals surface area (Å²) in [5, 5.41) is 16.4. The first-order valence-electron chi connectivity index (χ1n) is 9.04. The second-order valence-corrected chi connectivity index (χ2v) is 6.97. The molecular formula is C20H23N2O7-. The SMILES string of the molecule is Cc1c(C)c2ccc(OCC(=O)NCC(=O)N[C@H](C(=O)[O-])C(C)C)cc2oc1=O. The lowest BCUT2D eigenvalue weighted by Gasteiger charge is -2.23. The van der Waals surface area contributed by atoms with Gasteiger partial charge in [0.2, 0.25) is 5.91 Å². The molecule has 0 aliphatic rings. The minimum atomic E-state index is -1.39. The number of aliphatic carboxylic acids is 1. The summed E-state index contributed by atoms with van der Waals surface area (Å²) in [7, 11) is 0. The fraction of sp³-hybridized carbons (Fsp3) is 0.400. The van der Waals surface area contributed by atoms with E-state index in [2.05, 4.69) is 10.6 Å². The maximum atomic E-state index is 11.9. The number of fused-ring (bicyclic) bond motifs is 1. The molecule has 1 aromatic carbocycles. The Balaban J connectivity index is 1.91. The lowest BCUT2D eigenvalue weighted by Crippen LogP contribution is -2.53. The fourth-order valence-electron chi connectivity index (χ4n) is 2.62. The average molecular weight is 403 g/mol. The number of ether oxygens (including phenoxy) is 1. The van der Waals surface area contributed by atoms with Crippen LogP contribution in [0.1, 0.15) is 25.0 Å². The van der Waals surface area contributed by atoms with Crippen LogP contribution in [-0.2, 0) is 14.4 Å². The van der Waals surface area contributed by atoms with E-state index in [1.54, 1.807) is 32.9 Å². The van der Waals surface area contributed by atoms with Crippen molar-refractivity contribution in [2.75, 3.05) is 13.2 Å². The van der Waals surface area contributed by atoms with Gasteiger partial charge in [-0.2, -0.15) is 0 Å². The van der Waals surface area contributed by atoms with Gasteiger partial charge in [-0.1, -0.05) is 13.8 Å². The van der Waals surface area contributed by atoms with E-state index in [4.69, 9.17) is 9.15 Å². The number of rotatable bonds is 8. The molecule has 0 bridgehead atoms. The highest BCUT2D eigenvalue weighted by molar-refractivity contribution is 5.88. The molecule has 0 spiro atoms. The molecule has 1 atom stereocenters.